The molecule has 1 aromatic heterocycles. The number of para-hydroxylation sites is 1. The Morgan fingerprint density at radius 3 is 2.72 bits per heavy atom. The number of urea groups is 1. The van der Waals surface area contributed by atoms with E-state index in [1.807, 2.05) is 55.5 Å². The van der Waals surface area contributed by atoms with Gasteiger partial charge in [0.1, 0.15) is 5.75 Å². The Balaban J connectivity index is 1.49. The minimum atomic E-state index is -0.378. The van der Waals surface area contributed by atoms with E-state index in [1.54, 1.807) is 12.5 Å². The van der Waals surface area contributed by atoms with Crippen LogP contribution in [-0.2, 0) is 17.8 Å². The van der Waals surface area contributed by atoms with Crippen molar-refractivity contribution in [2.24, 2.45) is 0 Å². The van der Waals surface area contributed by atoms with E-state index in [9.17, 15) is 9.59 Å². The molecule has 2 aromatic carbocycles. The molecule has 0 atom stereocenters. The number of nitrogens with one attached hydrogen (secondary N) is 3. The molecule has 29 heavy (non-hydrogen) atoms. The second kappa shape index (κ2) is 9.70. The maximum atomic E-state index is 12.2. The predicted molar refractivity (Wildman–Crippen MR) is 114 cm³/mol. The Morgan fingerprint density at radius 2 is 1.93 bits per heavy atom. The van der Waals surface area contributed by atoms with E-state index < -0.39 is 0 Å². The summed E-state index contributed by atoms with van der Waals surface area (Å²) in [7, 11) is 1.60. The third-order valence-electron chi connectivity index (χ3n) is 4.06. The topological polar surface area (TPSA) is 92.4 Å². The second-order valence-electron chi connectivity index (χ2n) is 6.36. The van der Waals surface area contributed by atoms with Gasteiger partial charge in [0.25, 0.3) is 0 Å². The second-order valence-corrected chi connectivity index (χ2v) is 7.22. The van der Waals surface area contributed by atoms with Gasteiger partial charge >= 0.3 is 6.03 Å². The quantitative estimate of drug-likeness (QED) is 0.550. The molecule has 0 bridgehead atoms. The molecular formula is C21H22N4O3S. The third kappa shape index (κ3) is 6.05. The van der Waals surface area contributed by atoms with Gasteiger partial charge in [0.15, 0.2) is 5.13 Å². The van der Waals surface area contributed by atoms with Crippen LogP contribution in [-0.4, -0.2) is 24.0 Å². The highest BCUT2D eigenvalue weighted by molar-refractivity contribution is 7.14. The molecule has 3 amide bonds. The molecule has 8 heteroatoms. The normalized spacial score (nSPS) is 10.3. The molecule has 0 spiro atoms. The van der Waals surface area contributed by atoms with Gasteiger partial charge in [-0.2, -0.15) is 0 Å². The Labute approximate surface area is 173 Å². The van der Waals surface area contributed by atoms with Crippen LogP contribution in [0.5, 0.6) is 5.75 Å². The molecule has 0 saturated carbocycles. The van der Waals surface area contributed by atoms with Crippen LogP contribution in [0.3, 0.4) is 0 Å². The maximum Gasteiger partial charge on any atom is 0.325 e. The number of hydrogen-bond donors (Lipinski definition) is 3. The molecule has 1 heterocycles. The fraction of sp³-hybridized carbons (Fsp3) is 0.190. The van der Waals surface area contributed by atoms with Gasteiger partial charge in [-0.15, -0.1) is 11.3 Å². The van der Waals surface area contributed by atoms with E-state index >= 15 is 0 Å². The Hall–Kier alpha value is -3.39. The van der Waals surface area contributed by atoms with Gasteiger partial charge in [0.05, 0.1) is 19.2 Å². The number of carbonyl (C=O) groups excluding carboxylic acids is 2. The highest BCUT2D eigenvalue weighted by Gasteiger charge is 2.11. The van der Waals surface area contributed by atoms with Gasteiger partial charge in [-0.05, 0) is 30.7 Å². The van der Waals surface area contributed by atoms with E-state index in [4.69, 9.17) is 4.74 Å². The first-order valence-electron chi connectivity index (χ1n) is 9.01. The molecular weight excluding hydrogens is 388 g/mol. The zero-order valence-corrected chi connectivity index (χ0v) is 17.0. The minimum Gasteiger partial charge on any atom is -0.496 e. The number of benzene rings is 2. The van der Waals surface area contributed by atoms with E-state index in [0.29, 0.717) is 23.1 Å². The number of aromatic nitrogens is 1. The highest BCUT2D eigenvalue weighted by Crippen LogP contribution is 2.18. The summed E-state index contributed by atoms with van der Waals surface area (Å²) < 4.78 is 5.28. The molecule has 0 fully saturated rings. The molecule has 0 radical (unpaired) electrons. The molecule has 7 nitrogen and oxygen atoms in total. The average molecular weight is 410 g/mol. The number of thiazole rings is 1. The van der Waals surface area contributed by atoms with Crippen molar-refractivity contribution in [1.29, 1.82) is 0 Å². The van der Waals surface area contributed by atoms with Gasteiger partial charge in [-0.3, -0.25) is 10.1 Å². The van der Waals surface area contributed by atoms with E-state index in [1.165, 1.54) is 11.3 Å². The van der Waals surface area contributed by atoms with Crippen LogP contribution in [0.2, 0.25) is 0 Å². The Kier molecular flexibility index (Phi) is 6.80. The third-order valence-corrected chi connectivity index (χ3v) is 4.86. The largest absolute Gasteiger partial charge is 0.496 e. The zero-order valence-electron chi connectivity index (χ0n) is 16.2. The number of carbonyl (C=O) groups is 2. The van der Waals surface area contributed by atoms with Crippen molar-refractivity contribution in [3.8, 4) is 5.75 Å². The number of anilines is 2. The summed E-state index contributed by atoms with van der Waals surface area (Å²) in [4.78, 5) is 28.6. The van der Waals surface area contributed by atoms with Crippen LogP contribution in [0.25, 0.3) is 0 Å². The highest BCUT2D eigenvalue weighted by atomic mass is 32.1. The SMILES string of the molecule is COc1ccccc1CNC(=O)Cc1csc(NC(=O)Nc2cccc(C)c2)n1. The van der Waals surface area contributed by atoms with Crippen molar-refractivity contribution in [3.63, 3.8) is 0 Å². The number of amides is 3. The number of hydrogen-bond acceptors (Lipinski definition) is 5. The first-order chi connectivity index (χ1) is 14.0. The monoisotopic (exact) mass is 410 g/mol. The van der Waals surface area contributed by atoms with Crippen LogP contribution in [0, 0.1) is 6.92 Å². The first-order valence-corrected chi connectivity index (χ1v) is 9.89. The lowest BCUT2D eigenvalue weighted by Crippen LogP contribution is -2.25. The molecule has 150 valence electrons. The van der Waals surface area contributed by atoms with Crippen LogP contribution >= 0.6 is 11.3 Å². The average Bonchev–Trinajstić information content (AvgIpc) is 3.13. The van der Waals surface area contributed by atoms with Gasteiger partial charge in [-0.1, -0.05) is 30.3 Å². The van der Waals surface area contributed by atoms with Crippen molar-refractivity contribution >= 4 is 34.1 Å². The van der Waals surface area contributed by atoms with Crippen LogP contribution in [0.15, 0.2) is 53.9 Å². The van der Waals surface area contributed by atoms with E-state index in [2.05, 4.69) is 20.9 Å². The molecule has 3 N–H and O–H groups in total. The molecule has 0 aliphatic rings. The van der Waals surface area contributed by atoms with Gasteiger partial charge in [-0.25, -0.2) is 9.78 Å². The minimum absolute atomic E-state index is 0.132. The van der Waals surface area contributed by atoms with E-state index in [-0.39, 0.29) is 18.4 Å². The maximum absolute atomic E-state index is 12.2. The summed E-state index contributed by atoms with van der Waals surface area (Å²) >= 11 is 1.27. The summed E-state index contributed by atoms with van der Waals surface area (Å²) in [5, 5.41) is 10.5. The van der Waals surface area contributed by atoms with Crippen molar-refractivity contribution in [1.82, 2.24) is 10.3 Å². The summed E-state index contributed by atoms with van der Waals surface area (Å²) in [6.07, 6.45) is 0.132. The van der Waals surface area contributed by atoms with Crippen LogP contribution in [0.1, 0.15) is 16.8 Å². The molecule has 3 rings (SSSR count). The number of methoxy groups -OCH3 is 1. The molecule has 0 aliphatic heterocycles. The molecule has 0 saturated heterocycles. The standard InChI is InChI=1S/C21H22N4O3S/c1-14-6-5-8-16(10-14)23-20(27)25-21-24-17(13-29-21)11-19(26)22-12-15-7-3-4-9-18(15)28-2/h3-10,13H,11-12H2,1-2H3,(H,22,26)(H2,23,24,25,27). The Morgan fingerprint density at radius 1 is 1.10 bits per heavy atom. The van der Waals surface area contributed by atoms with Gasteiger partial charge in [0.2, 0.25) is 5.91 Å². The molecule has 3 aromatic rings. The fourth-order valence-corrected chi connectivity index (χ4v) is 3.40. The number of ether oxygens (including phenoxy) is 1. The lowest BCUT2D eigenvalue weighted by atomic mass is 10.2. The Bertz CT molecular complexity index is 1000. The lowest BCUT2D eigenvalue weighted by molar-refractivity contribution is -0.120. The van der Waals surface area contributed by atoms with Crippen molar-refractivity contribution in [2.45, 2.75) is 19.9 Å². The number of aryl methyl sites for hydroxylation is 1. The molecule has 0 unspecified atom stereocenters. The smallest absolute Gasteiger partial charge is 0.325 e. The van der Waals surface area contributed by atoms with Crippen molar-refractivity contribution < 1.29 is 14.3 Å². The van der Waals surface area contributed by atoms with Gasteiger partial charge in [0, 0.05) is 23.2 Å². The summed E-state index contributed by atoms with van der Waals surface area (Å²) in [6.45, 7) is 2.33. The zero-order chi connectivity index (χ0) is 20.6. The van der Waals surface area contributed by atoms with Crippen LogP contribution in [0.4, 0.5) is 15.6 Å². The summed E-state index contributed by atoms with van der Waals surface area (Å²) in [5.74, 6) is 0.574. The number of rotatable bonds is 7. The van der Waals surface area contributed by atoms with Crippen LogP contribution < -0.4 is 20.7 Å². The summed E-state index contributed by atoms with van der Waals surface area (Å²) in [6, 6.07) is 14.7. The fourth-order valence-electron chi connectivity index (χ4n) is 2.70. The van der Waals surface area contributed by atoms with Crippen molar-refractivity contribution in [2.75, 3.05) is 17.7 Å². The molecule has 0 aliphatic carbocycles. The van der Waals surface area contributed by atoms with E-state index in [0.717, 1.165) is 16.9 Å². The first kappa shape index (κ1) is 20.3. The summed E-state index contributed by atoms with van der Waals surface area (Å²) in [5.41, 5.74) is 3.25. The number of nitrogens with zero attached hydrogens (tertiary/aromatic N) is 1. The predicted octanol–water partition coefficient (Wildman–Crippen LogP) is 3.96. The van der Waals surface area contributed by atoms with Gasteiger partial charge < -0.3 is 15.4 Å². The lowest BCUT2D eigenvalue weighted by Gasteiger charge is -2.09. The van der Waals surface area contributed by atoms with Crippen molar-refractivity contribution in [3.05, 3.63) is 70.7 Å².